The van der Waals surface area contributed by atoms with Crippen molar-refractivity contribution in [2.24, 2.45) is 5.84 Å². The predicted octanol–water partition coefficient (Wildman–Crippen LogP) is 1.17. The highest BCUT2D eigenvalue weighted by molar-refractivity contribution is 5.32. The molecule has 2 heterocycles. The Morgan fingerprint density at radius 2 is 2.21 bits per heavy atom. The lowest BCUT2D eigenvalue weighted by molar-refractivity contribution is 0.411. The van der Waals surface area contributed by atoms with Crippen molar-refractivity contribution in [1.82, 2.24) is 20.2 Å². The van der Waals surface area contributed by atoms with Crippen LogP contribution in [0.3, 0.4) is 0 Å². The summed E-state index contributed by atoms with van der Waals surface area (Å²) >= 11 is 0. The summed E-state index contributed by atoms with van der Waals surface area (Å²) in [5, 5.41) is 4.44. The maximum atomic E-state index is 5.70. The Labute approximate surface area is 112 Å². The van der Waals surface area contributed by atoms with Gasteiger partial charge >= 0.3 is 0 Å². The summed E-state index contributed by atoms with van der Waals surface area (Å²) in [7, 11) is 1.62. The quantitative estimate of drug-likeness (QED) is 0.624. The second-order valence-electron chi connectivity index (χ2n) is 4.28. The van der Waals surface area contributed by atoms with Crippen LogP contribution in [-0.4, -0.2) is 21.9 Å². The molecule has 0 bridgehead atoms. The summed E-state index contributed by atoms with van der Waals surface area (Å²) in [4.78, 5) is 4.16. The van der Waals surface area contributed by atoms with E-state index in [-0.39, 0.29) is 6.04 Å². The van der Waals surface area contributed by atoms with Gasteiger partial charge in [-0.05, 0) is 31.5 Å². The number of nitrogens with one attached hydrogen (secondary N) is 1. The monoisotopic (exact) mass is 261 g/mol. The van der Waals surface area contributed by atoms with Crippen molar-refractivity contribution in [2.75, 3.05) is 7.11 Å². The highest BCUT2D eigenvalue weighted by atomic mass is 16.5. The summed E-state index contributed by atoms with van der Waals surface area (Å²) in [6.07, 6.45) is 3.44. The van der Waals surface area contributed by atoms with Gasteiger partial charge in [-0.2, -0.15) is 5.10 Å². The lowest BCUT2D eigenvalue weighted by atomic mass is 10.1. The third-order valence-electron chi connectivity index (χ3n) is 3.00. The number of nitrogens with zero attached hydrogens (tertiary/aromatic N) is 3. The molecule has 3 N–H and O–H groups in total. The molecule has 0 fully saturated rings. The zero-order valence-electron chi connectivity index (χ0n) is 11.4. The molecule has 0 saturated heterocycles. The minimum atomic E-state index is -0.163. The Morgan fingerprint density at radius 1 is 1.42 bits per heavy atom. The number of methoxy groups -OCH3 is 1. The summed E-state index contributed by atoms with van der Waals surface area (Å²) in [6, 6.07) is 3.77. The number of hydrazine groups is 1. The van der Waals surface area contributed by atoms with Crippen molar-refractivity contribution in [1.29, 1.82) is 0 Å². The third kappa shape index (κ3) is 2.74. The van der Waals surface area contributed by atoms with Gasteiger partial charge in [0.1, 0.15) is 5.75 Å². The number of aromatic nitrogens is 3. The first-order valence-corrected chi connectivity index (χ1v) is 6.19. The van der Waals surface area contributed by atoms with Crippen LogP contribution in [0.25, 0.3) is 0 Å². The molecular weight excluding hydrogens is 242 g/mol. The van der Waals surface area contributed by atoms with Gasteiger partial charge in [-0.1, -0.05) is 0 Å². The smallest absolute Gasteiger partial charge is 0.137 e. The first-order valence-electron chi connectivity index (χ1n) is 6.19. The molecule has 0 spiro atoms. The van der Waals surface area contributed by atoms with Gasteiger partial charge in [0.2, 0.25) is 0 Å². The van der Waals surface area contributed by atoms with Crippen LogP contribution < -0.4 is 16.0 Å². The fourth-order valence-electron chi connectivity index (χ4n) is 2.11. The molecular formula is C13H19N5O. The fourth-order valence-corrected chi connectivity index (χ4v) is 2.11. The van der Waals surface area contributed by atoms with Gasteiger partial charge in [0.05, 0.1) is 30.7 Å². The zero-order valence-corrected chi connectivity index (χ0v) is 11.4. The van der Waals surface area contributed by atoms with Gasteiger partial charge in [0.25, 0.3) is 0 Å². The van der Waals surface area contributed by atoms with E-state index in [1.54, 1.807) is 19.5 Å². The second kappa shape index (κ2) is 5.81. The minimum Gasteiger partial charge on any atom is -0.495 e. The SMILES string of the molecule is CCn1nc(C)cc1C(NN)c1cncc(OC)c1. The van der Waals surface area contributed by atoms with Crippen LogP contribution in [-0.2, 0) is 6.54 Å². The molecule has 0 radical (unpaired) electrons. The number of nitrogens with two attached hydrogens (primary N) is 1. The van der Waals surface area contributed by atoms with Crippen LogP contribution in [0.15, 0.2) is 24.5 Å². The number of hydrogen-bond acceptors (Lipinski definition) is 5. The topological polar surface area (TPSA) is 78.0 Å². The van der Waals surface area contributed by atoms with E-state index in [2.05, 4.69) is 15.5 Å². The molecule has 0 aromatic carbocycles. The van der Waals surface area contributed by atoms with Crippen molar-refractivity contribution >= 4 is 0 Å². The minimum absolute atomic E-state index is 0.163. The Bertz CT molecular complexity index is 552. The molecule has 2 aromatic heterocycles. The number of rotatable bonds is 5. The summed E-state index contributed by atoms with van der Waals surface area (Å²) in [5.74, 6) is 6.41. The molecule has 0 aliphatic heterocycles. The van der Waals surface area contributed by atoms with Crippen LogP contribution >= 0.6 is 0 Å². The molecule has 6 nitrogen and oxygen atoms in total. The Morgan fingerprint density at radius 3 is 2.84 bits per heavy atom. The highest BCUT2D eigenvalue weighted by Crippen LogP contribution is 2.24. The molecule has 2 rings (SSSR count). The van der Waals surface area contributed by atoms with E-state index in [0.717, 1.165) is 23.5 Å². The predicted molar refractivity (Wildman–Crippen MR) is 72.6 cm³/mol. The van der Waals surface area contributed by atoms with Crippen molar-refractivity contribution < 1.29 is 4.74 Å². The lowest BCUT2D eigenvalue weighted by Crippen LogP contribution is -2.30. The first kappa shape index (κ1) is 13.5. The molecule has 0 amide bonds. The zero-order chi connectivity index (χ0) is 13.8. The number of ether oxygens (including phenoxy) is 1. The second-order valence-corrected chi connectivity index (χ2v) is 4.28. The maximum Gasteiger partial charge on any atom is 0.137 e. The Kier molecular flexibility index (Phi) is 4.13. The normalized spacial score (nSPS) is 12.4. The number of aryl methyl sites for hydroxylation is 2. The average Bonchev–Trinajstić information content (AvgIpc) is 2.81. The van der Waals surface area contributed by atoms with Crippen molar-refractivity contribution in [3.8, 4) is 5.75 Å². The fraction of sp³-hybridized carbons (Fsp3) is 0.385. The van der Waals surface area contributed by atoms with E-state index < -0.39 is 0 Å². The molecule has 0 aliphatic carbocycles. The Balaban J connectivity index is 2.43. The van der Waals surface area contributed by atoms with E-state index in [1.165, 1.54) is 0 Å². The van der Waals surface area contributed by atoms with E-state index in [4.69, 9.17) is 10.6 Å². The van der Waals surface area contributed by atoms with Gasteiger partial charge in [-0.15, -0.1) is 0 Å². The standard InChI is InChI=1S/C13H19N5O/c1-4-18-12(5-9(2)17-18)13(16-14)10-6-11(19-3)8-15-7-10/h5-8,13,16H,4,14H2,1-3H3. The largest absolute Gasteiger partial charge is 0.495 e. The van der Waals surface area contributed by atoms with E-state index >= 15 is 0 Å². The first-order chi connectivity index (χ1) is 9.19. The average molecular weight is 261 g/mol. The van der Waals surface area contributed by atoms with Crippen LogP contribution in [0.2, 0.25) is 0 Å². The van der Waals surface area contributed by atoms with E-state index in [9.17, 15) is 0 Å². The van der Waals surface area contributed by atoms with Crippen LogP contribution in [0.4, 0.5) is 0 Å². The number of hydrogen-bond donors (Lipinski definition) is 2. The van der Waals surface area contributed by atoms with Crippen LogP contribution in [0.5, 0.6) is 5.75 Å². The van der Waals surface area contributed by atoms with Gasteiger partial charge in [0.15, 0.2) is 0 Å². The van der Waals surface area contributed by atoms with Gasteiger partial charge in [0, 0.05) is 12.7 Å². The molecule has 6 heteroatoms. The van der Waals surface area contributed by atoms with Gasteiger partial charge < -0.3 is 4.74 Å². The molecule has 1 unspecified atom stereocenters. The summed E-state index contributed by atoms with van der Waals surface area (Å²) in [6.45, 7) is 4.80. The van der Waals surface area contributed by atoms with E-state index in [1.807, 2.05) is 30.7 Å². The molecule has 0 aliphatic rings. The molecule has 19 heavy (non-hydrogen) atoms. The molecule has 2 aromatic rings. The van der Waals surface area contributed by atoms with Crippen molar-refractivity contribution in [3.05, 3.63) is 41.5 Å². The van der Waals surface area contributed by atoms with Crippen LogP contribution in [0, 0.1) is 6.92 Å². The van der Waals surface area contributed by atoms with Gasteiger partial charge in [-0.25, -0.2) is 5.43 Å². The summed E-state index contributed by atoms with van der Waals surface area (Å²) in [5.41, 5.74) is 5.74. The Hall–Kier alpha value is -1.92. The molecule has 102 valence electrons. The molecule has 1 atom stereocenters. The number of pyridine rings is 1. The van der Waals surface area contributed by atoms with Crippen LogP contribution in [0.1, 0.15) is 29.9 Å². The molecule has 0 saturated carbocycles. The van der Waals surface area contributed by atoms with Crippen molar-refractivity contribution in [3.63, 3.8) is 0 Å². The summed E-state index contributed by atoms with van der Waals surface area (Å²) < 4.78 is 7.12. The van der Waals surface area contributed by atoms with Gasteiger partial charge in [-0.3, -0.25) is 15.5 Å². The third-order valence-corrected chi connectivity index (χ3v) is 3.00. The lowest BCUT2D eigenvalue weighted by Gasteiger charge is -2.17. The highest BCUT2D eigenvalue weighted by Gasteiger charge is 2.18. The van der Waals surface area contributed by atoms with Crippen molar-refractivity contribution in [2.45, 2.75) is 26.4 Å². The van der Waals surface area contributed by atoms with E-state index in [0.29, 0.717) is 5.75 Å². The maximum absolute atomic E-state index is 5.70.